The van der Waals surface area contributed by atoms with Crippen LogP contribution in [0, 0.1) is 50.7 Å². The van der Waals surface area contributed by atoms with Crippen LogP contribution in [-0.2, 0) is 14.2 Å². The van der Waals surface area contributed by atoms with E-state index in [9.17, 15) is 9.90 Å². The van der Waals surface area contributed by atoms with E-state index in [0.29, 0.717) is 60.8 Å². The average molecular weight is 666 g/mol. The maximum absolute atomic E-state index is 13.2. The molecule has 7 fully saturated rings. The van der Waals surface area contributed by atoms with Gasteiger partial charge in [-0.05, 0) is 123 Å². The Hall–Kier alpha value is -1.97. The molecule has 5 saturated carbocycles. The smallest absolute Gasteiger partial charge is 0.410 e. The summed E-state index contributed by atoms with van der Waals surface area (Å²) in [7, 11) is 0. The van der Waals surface area contributed by atoms with Crippen LogP contribution in [0.5, 0.6) is 6.01 Å². The van der Waals surface area contributed by atoms with E-state index in [1.807, 2.05) is 18.7 Å². The van der Waals surface area contributed by atoms with Gasteiger partial charge in [-0.25, -0.2) is 14.8 Å². The third-order valence-corrected chi connectivity index (χ3v) is 16.0. The zero-order valence-corrected chi connectivity index (χ0v) is 30.4. The van der Waals surface area contributed by atoms with Gasteiger partial charge >= 0.3 is 12.1 Å². The summed E-state index contributed by atoms with van der Waals surface area (Å²) < 4.78 is 25.2. The summed E-state index contributed by atoms with van der Waals surface area (Å²) in [5.41, 5.74) is 0.00231. The molecule has 2 spiro atoms. The van der Waals surface area contributed by atoms with E-state index in [0.717, 1.165) is 19.3 Å². The van der Waals surface area contributed by atoms with E-state index in [4.69, 9.17) is 18.9 Å². The van der Waals surface area contributed by atoms with Crippen LogP contribution < -0.4 is 4.74 Å². The number of hydrogen-bond acceptors (Lipinski definition) is 8. The maximum atomic E-state index is 13.2. The highest BCUT2D eigenvalue weighted by Crippen LogP contribution is 2.89. The van der Waals surface area contributed by atoms with Crippen molar-refractivity contribution in [3.63, 3.8) is 0 Å². The number of hydrogen-bond donors (Lipinski definition) is 1. The van der Waals surface area contributed by atoms with Crippen LogP contribution >= 0.6 is 0 Å². The fourth-order valence-corrected chi connectivity index (χ4v) is 13.8. The molecule has 9 nitrogen and oxygen atoms in total. The number of rotatable bonds is 5. The number of carbonyl (C=O) groups excluding carboxylic acids is 1. The van der Waals surface area contributed by atoms with Gasteiger partial charge in [0.15, 0.2) is 6.10 Å². The highest BCUT2D eigenvalue weighted by atomic mass is 16.6. The molecule has 3 heterocycles. The molecule has 0 radical (unpaired) electrons. The van der Waals surface area contributed by atoms with Crippen LogP contribution in [0.4, 0.5) is 4.79 Å². The number of carbonyl (C=O) groups is 1. The summed E-state index contributed by atoms with van der Waals surface area (Å²) >= 11 is 0. The summed E-state index contributed by atoms with van der Waals surface area (Å²) in [6.45, 7) is 18.5. The molecule has 12 atom stereocenters. The number of aromatic nitrogens is 2. The van der Waals surface area contributed by atoms with Crippen LogP contribution in [0.1, 0.15) is 106 Å². The van der Waals surface area contributed by atoms with Gasteiger partial charge in [0.2, 0.25) is 0 Å². The van der Waals surface area contributed by atoms with Gasteiger partial charge in [-0.3, -0.25) is 0 Å². The second-order valence-electron chi connectivity index (χ2n) is 18.7. The van der Waals surface area contributed by atoms with Crippen LogP contribution in [0.2, 0.25) is 0 Å². The van der Waals surface area contributed by atoms with Gasteiger partial charge in [-0.2, -0.15) is 0 Å². The second-order valence-corrected chi connectivity index (χ2v) is 18.7. The first-order valence-corrected chi connectivity index (χ1v) is 19.0. The largest absolute Gasteiger partial charge is 0.454 e. The van der Waals surface area contributed by atoms with Crippen molar-refractivity contribution in [2.75, 3.05) is 26.3 Å². The number of fused-ring (bicyclic) bond motifs is 4. The Balaban J connectivity index is 1.02. The van der Waals surface area contributed by atoms with Gasteiger partial charge in [0.05, 0.1) is 31.0 Å². The Bertz CT molecular complexity index is 1400. The van der Waals surface area contributed by atoms with Crippen LogP contribution in [-0.4, -0.2) is 82.4 Å². The molecule has 1 amide bonds. The molecule has 1 aromatic heterocycles. The first-order valence-electron chi connectivity index (χ1n) is 19.0. The van der Waals surface area contributed by atoms with Crippen LogP contribution in [0.25, 0.3) is 0 Å². The molecule has 5 aliphatic carbocycles. The third-order valence-electron chi connectivity index (χ3n) is 16.0. The highest BCUT2D eigenvalue weighted by Gasteiger charge is 2.83. The summed E-state index contributed by atoms with van der Waals surface area (Å²) in [4.78, 5) is 23.6. The van der Waals surface area contributed by atoms with E-state index in [1.165, 1.54) is 38.5 Å². The van der Waals surface area contributed by atoms with Crippen molar-refractivity contribution >= 4 is 6.09 Å². The van der Waals surface area contributed by atoms with Gasteiger partial charge in [0, 0.05) is 30.9 Å². The molecule has 9 heteroatoms. The predicted octanol–water partition coefficient (Wildman–Crippen LogP) is 6.67. The van der Waals surface area contributed by atoms with E-state index < -0.39 is 11.7 Å². The Kier molecular flexibility index (Phi) is 7.62. The quantitative estimate of drug-likeness (QED) is 0.372. The number of amides is 1. The summed E-state index contributed by atoms with van der Waals surface area (Å²) in [5, 5.41) is 11.3. The molecule has 266 valence electrons. The fraction of sp³-hybridized carbons (Fsp3) is 0.872. The zero-order valence-electron chi connectivity index (χ0n) is 30.4. The summed E-state index contributed by atoms with van der Waals surface area (Å²) in [6, 6.07) is 2.06. The van der Waals surface area contributed by atoms with Gasteiger partial charge < -0.3 is 29.0 Å². The van der Waals surface area contributed by atoms with E-state index >= 15 is 0 Å². The highest BCUT2D eigenvalue weighted by molar-refractivity contribution is 5.68. The Morgan fingerprint density at radius 2 is 1.69 bits per heavy atom. The van der Waals surface area contributed by atoms with Crippen molar-refractivity contribution in [2.45, 2.75) is 136 Å². The molecule has 0 bridgehead atoms. The molecule has 2 saturated heterocycles. The third kappa shape index (κ3) is 4.61. The van der Waals surface area contributed by atoms with Gasteiger partial charge in [-0.1, -0.05) is 34.6 Å². The second kappa shape index (κ2) is 11.0. The zero-order chi connectivity index (χ0) is 33.9. The topological polar surface area (TPSA) is 103 Å². The molecule has 8 rings (SSSR count). The van der Waals surface area contributed by atoms with Gasteiger partial charge in [0.1, 0.15) is 6.10 Å². The normalized spacial score (nSPS) is 46.6. The first kappa shape index (κ1) is 33.2. The van der Waals surface area contributed by atoms with Crippen molar-refractivity contribution in [1.82, 2.24) is 14.9 Å². The molecule has 48 heavy (non-hydrogen) atoms. The van der Waals surface area contributed by atoms with Crippen molar-refractivity contribution in [2.24, 2.45) is 50.7 Å². The molecular weight excluding hydrogens is 606 g/mol. The van der Waals surface area contributed by atoms with Crippen LogP contribution in [0.3, 0.4) is 0 Å². The molecule has 0 aromatic carbocycles. The molecule has 7 aliphatic rings. The van der Waals surface area contributed by atoms with Crippen LogP contribution in [0.15, 0.2) is 18.5 Å². The lowest BCUT2D eigenvalue weighted by atomic mass is 9.41. The van der Waals surface area contributed by atoms with Crippen molar-refractivity contribution in [3.8, 4) is 6.01 Å². The van der Waals surface area contributed by atoms with Gasteiger partial charge in [0.25, 0.3) is 0 Å². The monoisotopic (exact) mass is 665 g/mol. The maximum Gasteiger partial charge on any atom is 0.410 e. The number of ether oxygens (including phenoxy) is 4. The van der Waals surface area contributed by atoms with E-state index in [1.54, 1.807) is 18.5 Å². The lowest BCUT2D eigenvalue weighted by molar-refractivity contribution is -0.188. The lowest BCUT2D eigenvalue weighted by Crippen LogP contribution is -2.59. The fourth-order valence-electron chi connectivity index (χ4n) is 13.8. The molecule has 1 N–H and O–H groups in total. The summed E-state index contributed by atoms with van der Waals surface area (Å²) in [6.07, 6.45) is 13.0. The van der Waals surface area contributed by atoms with E-state index in [-0.39, 0.29) is 46.7 Å². The lowest BCUT2D eigenvalue weighted by Gasteiger charge is -2.63. The first-order chi connectivity index (χ1) is 22.7. The minimum atomic E-state index is -1.11. The van der Waals surface area contributed by atoms with Crippen molar-refractivity contribution in [1.29, 1.82) is 0 Å². The minimum absolute atomic E-state index is 0.0325. The van der Waals surface area contributed by atoms with Crippen molar-refractivity contribution in [3.05, 3.63) is 18.5 Å². The summed E-state index contributed by atoms with van der Waals surface area (Å²) in [5.74, 6) is 2.21. The Labute approximate surface area is 287 Å². The standard InChI is InChI=1S/C39H59N3O6/c1-24-21-25(31(35(4,5)44)48-32-40-15-8-16-41-32)46-26-22-37(7)28-10-9-27-34(2,3)29(47-33(43)42-17-19-45-20-18-42)11-12-38(27)23-39(28,38)14-13-36(37,6)30(24)26/h8,15-16,24-31,44H,9-14,17-23H2,1-7H3/t24-,25?,26?,27?,28?,29+,30?,31+,36-,37+,38?,39+/m1/s1. The Morgan fingerprint density at radius 1 is 1.00 bits per heavy atom. The van der Waals surface area contributed by atoms with Gasteiger partial charge in [-0.15, -0.1) is 0 Å². The minimum Gasteiger partial charge on any atom is -0.454 e. The Morgan fingerprint density at radius 3 is 2.40 bits per heavy atom. The molecule has 6 unspecified atom stereocenters. The number of morpholine rings is 1. The number of aliphatic hydroxyl groups is 1. The van der Waals surface area contributed by atoms with Crippen molar-refractivity contribution < 1.29 is 28.8 Å². The predicted molar refractivity (Wildman–Crippen MR) is 180 cm³/mol. The average Bonchev–Trinajstić information content (AvgIpc) is 3.64. The molecule has 1 aromatic rings. The SMILES string of the molecule is C[C@@H]1CC([C@H](Oc2ncccn2)C(C)(C)O)OC2C[C@@]3(C)C4CCC5C(C)(C)[C@@H](OC(=O)N6CCOCC6)CCC56C[C@@]46CC[C@]3(C)C21. The number of nitrogens with zero attached hydrogens (tertiary/aromatic N) is 3. The molecule has 2 aliphatic heterocycles. The molecular formula is C39H59N3O6. The van der Waals surface area contributed by atoms with E-state index in [2.05, 4.69) is 44.6 Å².